The number of ether oxygens (including phenoxy) is 1. The fourth-order valence-corrected chi connectivity index (χ4v) is 1.74. The summed E-state index contributed by atoms with van der Waals surface area (Å²) in [4.78, 5) is 12.8. The average molecular weight is 295 g/mol. The molecule has 0 amide bonds. The van der Waals surface area contributed by atoms with E-state index in [-0.39, 0.29) is 5.69 Å². The van der Waals surface area contributed by atoms with Crippen molar-refractivity contribution in [1.82, 2.24) is 0 Å². The monoisotopic (exact) mass is 294 g/mol. The number of aromatic nitrogens is 1. The van der Waals surface area contributed by atoms with Crippen molar-refractivity contribution in [2.75, 3.05) is 18.5 Å². The Kier molecular flexibility index (Phi) is 4.73. The lowest BCUT2D eigenvalue weighted by molar-refractivity contribution is -0.413. The van der Waals surface area contributed by atoms with Crippen LogP contribution in [0.4, 0.5) is 11.5 Å². The molecular formula is C13H13ClN3O3+. The van der Waals surface area contributed by atoms with Gasteiger partial charge in [0.1, 0.15) is 18.9 Å². The number of benzene rings is 1. The molecule has 1 heterocycles. The molecule has 0 spiro atoms. The smallest absolute Gasteiger partial charge is 0.308 e. The molecule has 20 heavy (non-hydrogen) atoms. The summed E-state index contributed by atoms with van der Waals surface area (Å²) in [6, 6.07) is 10.3. The van der Waals surface area contributed by atoms with Crippen LogP contribution in [0.25, 0.3) is 0 Å². The summed E-state index contributed by atoms with van der Waals surface area (Å²) in [7, 11) is 0. The van der Waals surface area contributed by atoms with Crippen LogP contribution < -0.4 is 15.0 Å². The zero-order chi connectivity index (χ0) is 14.4. The van der Waals surface area contributed by atoms with E-state index in [9.17, 15) is 10.1 Å². The van der Waals surface area contributed by atoms with Crippen molar-refractivity contribution in [3.63, 3.8) is 0 Å². The maximum absolute atomic E-state index is 10.5. The Bertz CT molecular complexity index is 590. The Labute approximate surface area is 120 Å². The van der Waals surface area contributed by atoms with Crippen molar-refractivity contribution in [3.8, 4) is 5.75 Å². The zero-order valence-electron chi connectivity index (χ0n) is 10.5. The summed E-state index contributed by atoms with van der Waals surface area (Å²) in [5, 5.41) is 14.1. The second-order valence-corrected chi connectivity index (χ2v) is 4.33. The summed E-state index contributed by atoms with van der Waals surface area (Å²) < 4.78 is 5.50. The maximum atomic E-state index is 10.5. The van der Waals surface area contributed by atoms with Gasteiger partial charge >= 0.3 is 5.69 Å². The van der Waals surface area contributed by atoms with Crippen molar-refractivity contribution in [2.45, 2.75) is 0 Å². The van der Waals surface area contributed by atoms with Gasteiger partial charge in [0.25, 0.3) is 5.82 Å². The van der Waals surface area contributed by atoms with E-state index in [0.29, 0.717) is 29.7 Å². The highest BCUT2D eigenvalue weighted by atomic mass is 35.5. The minimum atomic E-state index is -0.458. The molecule has 0 atom stereocenters. The van der Waals surface area contributed by atoms with Gasteiger partial charge in [-0.05, 0) is 12.1 Å². The topological polar surface area (TPSA) is 78.5 Å². The van der Waals surface area contributed by atoms with Crippen LogP contribution in [-0.2, 0) is 0 Å². The molecule has 0 bridgehead atoms. The van der Waals surface area contributed by atoms with Crippen LogP contribution in [0.15, 0.2) is 42.6 Å². The Hall–Kier alpha value is -2.34. The van der Waals surface area contributed by atoms with Crippen LogP contribution >= 0.6 is 11.6 Å². The Morgan fingerprint density at radius 1 is 1.30 bits per heavy atom. The van der Waals surface area contributed by atoms with Crippen LogP contribution in [0.2, 0.25) is 5.02 Å². The fraction of sp³-hybridized carbons (Fsp3) is 0.154. The van der Waals surface area contributed by atoms with Crippen LogP contribution in [0, 0.1) is 10.1 Å². The average Bonchev–Trinajstić information content (AvgIpc) is 2.46. The van der Waals surface area contributed by atoms with Crippen molar-refractivity contribution in [1.29, 1.82) is 0 Å². The number of hydrogen-bond acceptors (Lipinski definition) is 4. The molecule has 0 radical (unpaired) electrons. The first kappa shape index (κ1) is 14.1. The van der Waals surface area contributed by atoms with Crippen molar-refractivity contribution >= 4 is 23.1 Å². The molecule has 6 nitrogen and oxygen atoms in total. The molecule has 104 valence electrons. The first-order valence-electron chi connectivity index (χ1n) is 5.94. The van der Waals surface area contributed by atoms with E-state index in [0.717, 1.165) is 0 Å². The predicted molar refractivity (Wildman–Crippen MR) is 75.1 cm³/mol. The van der Waals surface area contributed by atoms with Crippen molar-refractivity contribution in [3.05, 3.63) is 57.7 Å². The maximum Gasteiger partial charge on any atom is 0.308 e. The lowest BCUT2D eigenvalue weighted by Gasteiger charge is -2.06. The van der Waals surface area contributed by atoms with E-state index >= 15 is 0 Å². The number of nitro groups is 1. The van der Waals surface area contributed by atoms with E-state index in [1.165, 1.54) is 12.3 Å². The largest absolute Gasteiger partial charge is 0.488 e. The number of nitrogens with zero attached hydrogens (tertiary/aromatic N) is 1. The van der Waals surface area contributed by atoms with Gasteiger partial charge < -0.3 is 4.74 Å². The Morgan fingerprint density at radius 2 is 2.10 bits per heavy atom. The second-order valence-electron chi connectivity index (χ2n) is 3.92. The van der Waals surface area contributed by atoms with Gasteiger partial charge in [-0.25, -0.2) is 4.98 Å². The SMILES string of the molecule is O=[N+]([O-])c1ccc(NCCOc2ccccc2Cl)[nH+]c1. The highest BCUT2D eigenvalue weighted by molar-refractivity contribution is 6.32. The third-order valence-electron chi connectivity index (χ3n) is 2.52. The number of H-pyrrole nitrogens is 1. The Balaban J connectivity index is 1.79. The third kappa shape index (κ3) is 3.83. The fourth-order valence-electron chi connectivity index (χ4n) is 1.55. The van der Waals surface area contributed by atoms with Gasteiger partial charge in [-0.2, -0.15) is 0 Å². The molecule has 2 N–H and O–H groups in total. The van der Waals surface area contributed by atoms with Crippen LogP contribution in [-0.4, -0.2) is 18.1 Å². The van der Waals surface area contributed by atoms with E-state index in [1.807, 2.05) is 12.1 Å². The molecule has 7 heteroatoms. The van der Waals surface area contributed by atoms with E-state index in [1.54, 1.807) is 18.2 Å². The summed E-state index contributed by atoms with van der Waals surface area (Å²) in [5.41, 5.74) is 0.0165. The molecule has 0 aliphatic carbocycles. The van der Waals surface area contributed by atoms with E-state index < -0.39 is 4.92 Å². The van der Waals surface area contributed by atoms with Gasteiger partial charge in [-0.3, -0.25) is 15.4 Å². The predicted octanol–water partition coefficient (Wildman–Crippen LogP) is 2.55. The van der Waals surface area contributed by atoms with Crippen LogP contribution in [0.3, 0.4) is 0 Å². The molecule has 0 unspecified atom stereocenters. The molecule has 0 fully saturated rings. The van der Waals surface area contributed by atoms with Gasteiger partial charge in [0.2, 0.25) is 0 Å². The number of nitrogens with one attached hydrogen (secondary N) is 2. The summed E-state index contributed by atoms with van der Waals surface area (Å²) in [5.74, 6) is 1.31. The number of hydrogen-bond donors (Lipinski definition) is 1. The van der Waals surface area contributed by atoms with Gasteiger partial charge in [0.05, 0.1) is 9.95 Å². The minimum absolute atomic E-state index is 0.0165. The number of halogens is 1. The van der Waals surface area contributed by atoms with E-state index in [4.69, 9.17) is 16.3 Å². The number of para-hydroxylation sites is 1. The van der Waals surface area contributed by atoms with E-state index in [2.05, 4.69) is 10.3 Å². The lowest BCUT2D eigenvalue weighted by Crippen LogP contribution is -2.18. The molecule has 2 aromatic rings. The first-order chi connectivity index (χ1) is 9.66. The van der Waals surface area contributed by atoms with Crippen molar-refractivity contribution < 1.29 is 14.6 Å². The molecule has 0 saturated carbocycles. The van der Waals surface area contributed by atoms with Gasteiger partial charge in [-0.15, -0.1) is 0 Å². The molecule has 2 rings (SSSR count). The standard InChI is InChI=1S/C13H12ClN3O3/c14-11-3-1-2-4-12(11)20-8-7-15-13-6-5-10(9-16-13)17(18)19/h1-6,9H,7-8H2,(H,15,16)/p+1. The Morgan fingerprint density at radius 3 is 2.75 bits per heavy atom. The van der Waals surface area contributed by atoms with Gasteiger partial charge in [0.15, 0.2) is 6.20 Å². The number of pyridine rings is 1. The highest BCUT2D eigenvalue weighted by Gasteiger charge is 2.08. The quantitative estimate of drug-likeness (QED) is 0.504. The molecule has 1 aromatic heterocycles. The molecular weight excluding hydrogens is 282 g/mol. The number of anilines is 1. The van der Waals surface area contributed by atoms with Gasteiger partial charge in [0, 0.05) is 12.1 Å². The lowest BCUT2D eigenvalue weighted by atomic mass is 10.3. The second kappa shape index (κ2) is 6.72. The summed E-state index contributed by atoms with van der Waals surface area (Å²) in [6.45, 7) is 0.966. The summed E-state index contributed by atoms with van der Waals surface area (Å²) in [6.07, 6.45) is 1.33. The molecule has 1 aromatic carbocycles. The highest BCUT2D eigenvalue weighted by Crippen LogP contribution is 2.22. The number of aromatic amines is 1. The zero-order valence-corrected chi connectivity index (χ0v) is 11.3. The van der Waals surface area contributed by atoms with Gasteiger partial charge in [-0.1, -0.05) is 23.7 Å². The minimum Gasteiger partial charge on any atom is -0.488 e. The summed E-state index contributed by atoms with van der Waals surface area (Å²) >= 11 is 5.95. The first-order valence-corrected chi connectivity index (χ1v) is 6.32. The third-order valence-corrected chi connectivity index (χ3v) is 2.83. The molecule has 0 aliphatic rings. The van der Waals surface area contributed by atoms with Crippen LogP contribution in [0.5, 0.6) is 5.75 Å². The number of rotatable bonds is 6. The molecule has 0 saturated heterocycles. The van der Waals surface area contributed by atoms with Crippen molar-refractivity contribution in [2.24, 2.45) is 0 Å². The van der Waals surface area contributed by atoms with Crippen LogP contribution in [0.1, 0.15) is 0 Å². The molecule has 0 aliphatic heterocycles. The normalized spacial score (nSPS) is 10.1.